The molecule has 1 saturated carbocycles. The molecule has 0 bridgehead atoms. The van der Waals surface area contributed by atoms with E-state index in [4.69, 9.17) is 4.74 Å². The van der Waals surface area contributed by atoms with Crippen LogP contribution in [0.5, 0.6) is 0 Å². The molecule has 1 aliphatic heterocycles. The minimum atomic E-state index is -1.09. The van der Waals surface area contributed by atoms with Crippen LogP contribution in [-0.2, 0) is 10.3 Å². The monoisotopic (exact) mass is 332 g/mol. The van der Waals surface area contributed by atoms with E-state index in [1.165, 1.54) is 0 Å². The molecule has 0 spiro atoms. The van der Waals surface area contributed by atoms with Crippen LogP contribution in [0, 0.1) is 11.3 Å². The number of urea groups is 1. The minimum Gasteiger partial charge on any atom is -0.384 e. The van der Waals surface area contributed by atoms with Crippen molar-refractivity contribution in [3.05, 3.63) is 35.9 Å². The fraction of sp³-hybridized carbons (Fsp3) is 0.632. The maximum atomic E-state index is 12.3. The Morgan fingerprint density at radius 3 is 2.79 bits per heavy atom. The molecule has 0 unspecified atom stereocenters. The first-order valence-electron chi connectivity index (χ1n) is 8.76. The SMILES string of the molecule is CC1(C)[C@H](NC(=O)NC[C@](C)(O)c2ccccc2)[C@H]2CCCO[C@H]21. The highest BCUT2D eigenvalue weighted by atomic mass is 16.5. The number of carbonyl (C=O) groups excluding carboxylic acids is 1. The van der Waals surface area contributed by atoms with E-state index in [0.717, 1.165) is 25.0 Å². The standard InChI is InChI=1S/C19H28N2O3/c1-18(2)15(14-10-7-11-24-16(14)18)21-17(22)20-12-19(3,23)13-8-5-4-6-9-13/h4-6,8-9,14-16,23H,7,10-12H2,1-3H3,(H2,20,21,22)/t14-,15-,16-,19+/m1/s1. The molecule has 24 heavy (non-hydrogen) atoms. The fourth-order valence-electron chi connectivity index (χ4n) is 4.16. The van der Waals surface area contributed by atoms with Gasteiger partial charge in [0.2, 0.25) is 0 Å². The van der Waals surface area contributed by atoms with Crippen LogP contribution < -0.4 is 10.6 Å². The lowest BCUT2D eigenvalue weighted by Gasteiger charge is -2.59. The smallest absolute Gasteiger partial charge is 0.315 e. The maximum Gasteiger partial charge on any atom is 0.315 e. The van der Waals surface area contributed by atoms with Crippen molar-refractivity contribution in [3.63, 3.8) is 0 Å². The Kier molecular flexibility index (Phi) is 4.58. The molecule has 1 aromatic carbocycles. The number of benzene rings is 1. The Balaban J connectivity index is 1.54. The lowest BCUT2D eigenvalue weighted by molar-refractivity contribution is -0.189. The summed E-state index contributed by atoms with van der Waals surface area (Å²) in [7, 11) is 0. The van der Waals surface area contributed by atoms with Crippen molar-refractivity contribution >= 4 is 6.03 Å². The van der Waals surface area contributed by atoms with Crippen LogP contribution in [0.4, 0.5) is 4.79 Å². The van der Waals surface area contributed by atoms with E-state index < -0.39 is 5.60 Å². The molecule has 0 radical (unpaired) electrons. The van der Waals surface area contributed by atoms with Gasteiger partial charge in [0, 0.05) is 24.0 Å². The van der Waals surface area contributed by atoms with Gasteiger partial charge < -0.3 is 20.5 Å². The number of hydrogen-bond acceptors (Lipinski definition) is 3. The second kappa shape index (κ2) is 6.37. The summed E-state index contributed by atoms with van der Waals surface area (Å²) in [4.78, 5) is 12.3. The number of aliphatic hydroxyl groups is 1. The van der Waals surface area contributed by atoms with E-state index in [0.29, 0.717) is 5.92 Å². The first kappa shape index (κ1) is 17.2. The second-order valence-corrected chi connectivity index (χ2v) is 7.86. The normalized spacial score (nSPS) is 30.4. The zero-order chi connectivity index (χ0) is 17.4. The fourth-order valence-corrected chi connectivity index (χ4v) is 4.16. The van der Waals surface area contributed by atoms with Crippen molar-refractivity contribution in [3.8, 4) is 0 Å². The largest absolute Gasteiger partial charge is 0.384 e. The van der Waals surface area contributed by atoms with Crippen LogP contribution in [0.2, 0.25) is 0 Å². The Morgan fingerprint density at radius 2 is 2.08 bits per heavy atom. The molecule has 2 amide bonds. The topological polar surface area (TPSA) is 70.6 Å². The quantitative estimate of drug-likeness (QED) is 0.793. The number of carbonyl (C=O) groups is 1. The van der Waals surface area contributed by atoms with Gasteiger partial charge in [-0.25, -0.2) is 4.79 Å². The number of amides is 2. The van der Waals surface area contributed by atoms with Crippen molar-refractivity contribution in [2.45, 2.75) is 51.4 Å². The van der Waals surface area contributed by atoms with Gasteiger partial charge in [-0.1, -0.05) is 44.2 Å². The molecule has 1 aliphatic carbocycles. The highest BCUT2D eigenvalue weighted by Crippen LogP contribution is 2.51. The first-order valence-corrected chi connectivity index (χ1v) is 8.76. The van der Waals surface area contributed by atoms with Crippen LogP contribution >= 0.6 is 0 Å². The van der Waals surface area contributed by atoms with Gasteiger partial charge in [-0.3, -0.25) is 0 Å². The Hall–Kier alpha value is -1.59. The Morgan fingerprint density at radius 1 is 1.38 bits per heavy atom. The van der Waals surface area contributed by atoms with E-state index in [-0.39, 0.29) is 30.1 Å². The van der Waals surface area contributed by atoms with Crippen LogP contribution in [0.15, 0.2) is 30.3 Å². The predicted octanol–water partition coefficient (Wildman–Crippen LogP) is 2.40. The number of fused-ring (bicyclic) bond motifs is 1. The Bertz CT molecular complexity index is 586. The molecule has 132 valence electrons. The van der Waals surface area contributed by atoms with Crippen molar-refractivity contribution < 1.29 is 14.6 Å². The van der Waals surface area contributed by atoms with E-state index in [1.54, 1.807) is 6.92 Å². The number of hydrogen-bond donors (Lipinski definition) is 3. The number of rotatable bonds is 4. The Labute approximate surface area is 143 Å². The van der Waals surface area contributed by atoms with Gasteiger partial charge in [0.05, 0.1) is 12.6 Å². The summed E-state index contributed by atoms with van der Waals surface area (Å²) in [6, 6.07) is 9.27. The molecule has 0 aromatic heterocycles. The van der Waals surface area contributed by atoms with Crippen LogP contribution in [0.25, 0.3) is 0 Å². The molecule has 1 heterocycles. The zero-order valence-electron chi connectivity index (χ0n) is 14.7. The molecule has 2 fully saturated rings. The van der Waals surface area contributed by atoms with Crippen LogP contribution in [-0.4, -0.2) is 36.4 Å². The summed E-state index contributed by atoms with van der Waals surface area (Å²) in [6.07, 6.45) is 2.39. The van der Waals surface area contributed by atoms with Gasteiger partial charge >= 0.3 is 6.03 Å². The van der Waals surface area contributed by atoms with Crippen LogP contribution in [0.3, 0.4) is 0 Å². The third-order valence-corrected chi connectivity index (χ3v) is 5.61. The van der Waals surface area contributed by atoms with Gasteiger partial charge in [-0.2, -0.15) is 0 Å². The molecule has 5 heteroatoms. The van der Waals surface area contributed by atoms with Crippen LogP contribution in [0.1, 0.15) is 39.2 Å². The average Bonchev–Trinajstić information content (AvgIpc) is 2.59. The summed E-state index contributed by atoms with van der Waals surface area (Å²) in [5.41, 5.74) is -0.357. The maximum absolute atomic E-state index is 12.3. The lowest BCUT2D eigenvalue weighted by Crippen LogP contribution is -2.71. The highest BCUT2D eigenvalue weighted by Gasteiger charge is 2.58. The summed E-state index contributed by atoms with van der Waals surface area (Å²) < 4.78 is 5.86. The summed E-state index contributed by atoms with van der Waals surface area (Å²) in [5.74, 6) is 0.397. The van der Waals surface area contributed by atoms with Crippen molar-refractivity contribution in [1.82, 2.24) is 10.6 Å². The second-order valence-electron chi connectivity index (χ2n) is 7.86. The number of ether oxygens (including phenoxy) is 1. The predicted molar refractivity (Wildman–Crippen MR) is 92.6 cm³/mol. The summed E-state index contributed by atoms with van der Waals surface area (Å²) in [5, 5.41) is 16.5. The third kappa shape index (κ3) is 3.15. The number of nitrogens with one attached hydrogen (secondary N) is 2. The third-order valence-electron chi connectivity index (χ3n) is 5.61. The average molecular weight is 332 g/mol. The summed E-state index contributed by atoms with van der Waals surface area (Å²) in [6.45, 7) is 6.99. The lowest BCUT2D eigenvalue weighted by atomic mass is 9.55. The van der Waals surface area contributed by atoms with E-state index in [1.807, 2.05) is 30.3 Å². The molecule has 2 aliphatic rings. The highest BCUT2D eigenvalue weighted by molar-refractivity contribution is 5.74. The van der Waals surface area contributed by atoms with Gasteiger partial charge in [0.25, 0.3) is 0 Å². The first-order chi connectivity index (χ1) is 11.3. The van der Waals surface area contributed by atoms with E-state index >= 15 is 0 Å². The molecular weight excluding hydrogens is 304 g/mol. The molecule has 1 saturated heterocycles. The zero-order valence-corrected chi connectivity index (χ0v) is 14.7. The molecule has 3 rings (SSSR count). The molecular formula is C19H28N2O3. The van der Waals surface area contributed by atoms with E-state index in [2.05, 4.69) is 24.5 Å². The van der Waals surface area contributed by atoms with Gasteiger partial charge in [0.15, 0.2) is 0 Å². The molecule has 1 aromatic rings. The molecule has 3 N–H and O–H groups in total. The summed E-state index contributed by atoms with van der Waals surface area (Å²) >= 11 is 0. The minimum absolute atomic E-state index is 0.0512. The van der Waals surface area contributed by atoms with Gasteiger partial charge in [0.1, 0.15) is 5.60 Å². The van der Waals surface area contributed by atoms with Crippen molar-refractivity contribution in [1.29, 1.82) is 0 Å². The van der Waals surface area contributed by atoms with Crippen molar-refractivity contribution in [2.24, 2.45) is 11.3 Å². The van der Waals surface area contributed by atoms with Gasteiger partial charge in [-0.05, 0) is 25.3 Å². The van der Waals surface area contributed by atoms with Crippen molar-refractivity contribution in [2.75, 3.05) is 13.2 Å². The van der Waals surface area contributed by atoms with E-state index in [9.17, 15) is 9.90 Å². The molecule has 4 atom stereocenters. The molecule has 5 nitrogen and oxygen atoms in total. The van der Waals surface area contributed by atoms with Gasteiger partial charge in [-0.15, -0.1) is 0 Å².